The van der Waals surface area contributed by atoms with Crippen LogP contribution in [0.2, 0.25) is 0 Å². The van der Waals surface area contributed by atoms with Gasteiger partial charge in [-0.05, 0) is 24.6 Å². The zero-order valence-corrected chi connectivity index (χ0v) is 13.7. The molecule has 0 saturated carbocycles. The van der Waals surface area contributed by atoms with Crippen LogP contribution < -0.4 is 10.6 Å². The minimum atomic E-state index is -1.84. The van der Waals surface area contributed by atoms with Crippen LogP contribution >= 0.6 is 0 Å². The molecule has 2 aromatic carbocycles. The van der Waals surface area contributed by atoms with E-state index in [0.717, 1.165) is 17.7 Å². The number of hydrogen-bond acceptors (Lipinski definition) is 3. The van der Waals surface area contributed by atoms with Crippen molar-refractivity contribution >= 4 is 17.0 Å². The normalized spacial score (nSPS) is 16.7. The molecule has 1 fully saturated rings. The van der Waals surface area contributed by atoms with E-state index in [1.54, 1.807) is 12.1 Å². The van der Waals surface area contributed by atoms with Gasteiger partial charge in [0.15, 0.2) is 11.1 Å². The van der Waals surface area contributed by atoms with Crippen LogP contribution in [0.5, 0.6) is 0 Å². The second-order valence-corrected chi connectivity index (χ2v) is 6.20. The Morgan fingerprint density at radius 2 is 1.83 bits per heavy atom. The summed E-state index contributed by atoms with van der Waals surface area (Å²) < 4.78 is 19.0. The van der Waals surface area contributed by atoms with Gasteiger partial charge in [0.25, 0.3) is 0 Å². The van der Waals surface area contributed by atoms with Gasteiger partial charge >= 0.3 is 0 Å². The topological polar surface area (TPSA) is 88.3 Å². The maximum atomic E-state index is 11.2. The van der Waals surface area contributed by atoms with Crippen molar-refractivity contribution in [2.24, 2.45) is 0 Å². The summed E-state index contributed by atoms with van der Waals surface area (Å²) in [5.74, 6) is 0.101. The lowest BCUT2D eigenvalue weighted by Gasteiger charge is -2.02. The fourth-order valence-corrected chi connectivity index (χ4v) is 2.18. The lowest BCUT2D eigenvalue weighted by atomic mass is 10.2. The fraction of sp³-hybridized carbons (Fsp3) is 0.235. The fourth-order valence-electron chi connectivity index (χ4n) is 1.81. The van der Waals surface area contributed by atoms with Crippen molar-refractivity contribution in [2.75, 3.05) is 6.54 Å². The molecule has 0 bridgehead atoms. The lowest BCUT2D eigenvalue weighted by molar-refractivity contribution is -0.120. The number of aryl methyl sites for hydroxylation is 1. The Bertz CT molecular complexity index is 655. The molecule has 5 nitrogen and oxygen atoms in total. The average molecular weight is 332 g/mol. The van der Waals surface area contributed by atoms with E-state index in [0.29, 0.717) is 11.4 Å². The maximum absolute atomic E-state index is 11.2. The van der Waals surface area contributed by atoms with E-state index in [9.17, 15) is 9.00 Å². The van der Waals surface area contributed by atoms with Crippen molar-refractivity contribution in [3.8, 4) is 0 Å². The highest BCUT2D eigenvalue weighted by atomic mass is 32.2. The standard InChI is InChI=1S/C10H12N2O.C7H8O2S/c13-10(9-7-11-9)12-6-8-4-2-1-3-5-8;1-6-2-4-7(5-3-6)10(8)9/h1-5,9,11H,6-7H2,(H,12,13);2-5H,1H3,(H,8,9). The summed E-state index contributed by atoms with van der Waals surface area (Å²) in [7, 11) is 0. The van der Waals surface area contributed by atoms with Gasteiger partial charge in [0, 0.05) is 13.1 Å². The quantitative estimate of drug-likeness (QED) is 0.589. The SMILES string of the molecule is Cc1ccc(S(=O)O)cc1.O=C(NCc1ccccc1)C1CN1. The molecule has 2 unspecified atom stereocenters. The van der Waals surface area contributed by atoms with Gasteiger partial charge in [-0.2, -0.15) is 0 Å². The first-order chi connectivity index (χ1) is 11.1. The summed E-state index contributed by atoms with van der Waals surface area (Å²) in [5, 5.41) is 5.82. The molecule has 3 rings (SSSR count). The number of benzene rings is 2. The number of amides is 1. The molecule has 122 valence electrons. The Hall–Kier alpha value is -2.02. The Kier molecular flexibility index (Phi) is 6.46. The molecule has 0 aromatic heterocycles. The molecule has 1 amide bonds. The van der Waals surface area contributed by atoms with E-state index in [2.05, 4.69) is 10.6 Å². The Balaban J connectivity index is 0.000000174. The molecule has 0 spiro atoms. The van der Waals surface area contributed by atoms with Crippen LogP contribution in [0.15, 0.2) is 59.5 Å². The number of rotatable bonds is 4. The zero-order chi connectivity index (χ0) is 16.7. The first kappa shape index (κ1) is 17.3. The molecule has 3 N–H and O–H groups in total. The zero-order valence-electron chi connectivity index (χ0n) is 12.9. The van der Waals surface area contributed by atoms with Crippen LogP contribution in [0, 0.1) is 6.92 Å². The number of nitrogens with one attached hydrogen (secondary N) is 2. The van der Waals surface area contributed by atoms with E-state index in [1.807, 2.05) is 49.4 Å². The lowest BCUT2D eigenvalue weighted by Crippen LogP contribution is -2.28. The van der Waals surface area contributed by atoms with Gasteiger partial charge in [0.05, 0.1) is 10.9 Å². The van der Waals surface area contributed by atoms with Crippen LogP contribution in [0.3, 0.4) is 0 Å². The Morgan fingerprint density at radius 3 is 2.35 bits per heavy atom. The first-order valence-electron chi connectivity index (χ1n) is 7.29. The van der Waals surface area contributed by atoms with Crippen molar-refractivity contribution in [3.63, 3.8) is 0 Å². The largest absolute Gasteiger partial charge is 0.351 e. The van der Waals surface area contributed by atoms with Gasteiger partial charge < -0.3 is 15.2 Å². The Labute approximate surface area is 138 Å². The van der Waals surface area contributed by atoms with Gasteiger partial charge in [-0.25, -0.2) is 4.21 Å². The van der Waals surface area contributed by atoms with E-state index in [-0.39, 0.29) is 11.9 Å². The number of carbonyl (C=O) groups excluding carboxylic acids is 1. The van der Waals surface area contributed by atoms with Crippen LogP contribution in [-0.2, 0) is 22.4 Å². The van der Waals surface area contributed by atoms with Crippen molar-refractivity contribution in [1.29, 1.82) is 0 Å². The summed E-state index contributed by atoms with van der Waals surface area (Å²) in [5.41, 5.74) is 2.23. The van der Waals surface area contributed by atoms with Gasteiger partial charge in [-0.3, -0.25) is 4.79 Å². The van der Waals surface area contributed by atoms with Crippen molar-refractivity contribution in [2.45, 2.75) is 24.4 Å². The van der Waals surface area contributed by atoms with E-state index in [4.69, 9.17) is 4.55 Å². The molecule has 23 heavy (non-hydrogen) atoms. The summed E-state index contributed by atoms with van der Waals surface area (Å²) in [6.45, 7) is 3.38. The van der Waals surface area contributed by atoms with Crippen molar-refractivity contribution in [3.05, 3.63) is 65.7 Å². The molecule has 6 heteroatoms. The van der Waals surface area contributed by atoms with Gasteiger partial charge in [-0.1, -0.05) is 48.0 Å². The predicted molar refractivity (Wildman–Crippen MR) is 90.3 cm³/mol. The molecule has 1 saturated heterocycles. The minimum Gasteiger partial charge on any atom is -0.351 e. The monoisotopic (exact) mass is 332 g/mol. The minimum absolute atomic E-state index is 0.0590. The smallest absolute Gasteiger partial charge is 0.238 e. The molecule has 1 aliphatic heterocycles. The third-order valence-electron chi connectivity index (χ3n) is 3.26. The highest BCUT2D eigenvalue weighted by molar-refractivity contribution is 7.79. The average Bonchev–Trinajstić information content (AvgIpc) is 3.40. The van der Waals surface area contributed by atoms with Crippen molar-refractivity contribution in [1.82, 2.24) is 10.6 Å². The van der Waals surface area contributed by atoms with Crippen molar-refractivity contribution < 1.29 is 13.6 Å². The third kappa shape index (κ3) is 6.32. The third-order valence-corrected chi connectivity index (χ3v) is 3.93. The summed E-state index contributed by atoms with van der Waals surface area (Å²) in [6, 6.07) is 16.9. The molecule has 0 radical (unpaired) electrons. The summed E-state index contributed by atoms with van der Waals surface area (Å²) >= 11 is -1.84. The summed E-state index contributed by atoms with van der Waals surface area (Å²) in [4.78, 5) is 11.7. The van der Waals surface area contributed by atoms with Gasteiger partial charge in [0.2, 0.25) is 5.91 Å². The molecular weight excluding hydrogens is 312 g/mol. The van der Waals surface area contributed by atoms with Crippen LogP contribution in [0.25, 0.3) is 0 Å². The van der Waals surface area contributed by atoms with Crippen LogP contribution in [-0.4, -0.2) is 27.3 Å². The van der Waals surface area contributed by atoms with Crippen LogP contribution in [0.1, 0.15) is 11.1 Å². The van der Waals surface area contributed by atoms with Gasteiger partial charge in [-0.15, -0.1) is 0 Å². The number of hydrogen-bond donors (Lipinski definition) is 3. The molecule has 2 atom stereocenters. The second-order valence-electron chi connectivity index (χ2n) is 5.23. The maximum Gasteiger partial charge on any atom is 0.238 e. The predicted octanol–water partition coefficient (Wildman–Crippen LogP) is 1.85. The van der Waals surface area contributed by atoms with E-state index in [1.165, 1.54) is 0 Å². The molecular formula is C17H20N2O3S. The first-order valence-corrected chi connectivity index (χ1v) is 8.39. The summed E-state index contributed by atoms with van der Waals surface area (Å²) in [6.07, 6.45) is 0. The van der Waals surface area contributed by atoms with Crippen LogP contribution in [0.4, 0.5) is 0 Å². The van der Waals surface area contributed by atoms with E-state index >= 15 is 0 Å². The highest BCUT2D eigenvalue weighted by Gasteiger charge is 2.27. The molecule has 1 aliphatic rings. The van der Waals surface area contributed by atoms with Gasteiger partial charge in [0.1, 0.15) is 0 Å². The molecule has 1 heterocycles. The second kappa shape index (κ2) is 8.57. The highest BCUT2D eigenvalue weighted by Crippen LogP contribution is 2.05. The molecule has 2 aromatic rings. The van der Waals surface area contributed by atoms with E-state index < -0.39 is 11.1 Å². The molecule has 0 aliphatic carbocycles. The Morgan fingerprint density at radius 1 is 1.22 bits per heavy atom. The number of carbonyl (C=O) groups is 1.